The Morgan fingerprint density at radius 1 is 1.20 bits per heavy atom. The summed E-state index contributed by atoms with van der Waals surface area (Å²) >= 11 is 5.65. The molecule has 0 radical (unpaired) electrons. The summed E-state index contributed by atoms with van der Waals surface area (Å²) < 4.78 is 3.49. The fraction of sp³-hybridized carbons (Fsp3) is 0.824. The Bertz CT molecular complexity index is 593. The van der Waals surface area contributed by atoms with Gasteiger partial charge in [0.15, 0.2) is 4.77 Å². The lowest BCUT2D eigenvalue weighted by Crippen LogP contribution is -2.59. The molecule has 0 amide bonds. The third kappa shape index (κ3) is 1.65. The maximum atomic E-state index is 5.65. The highest BCUT2D eigenvalue weighted by molar-refractivity contribution is 7.71. The summed E-state index contributed by atoms with van der Waals surface area (Å²) in [5.74, 6) is 0.919. The largest absolute Gasteiger partial charge is 0.337 e. The smallest absolute Gasteiger partial charge is 0.177 e. The van der Waals surface area contributed by atoms with Gasteiger partial charge >= 0.3 is 0 Å². The van der Waals surface area contributed by atoms with Crippen LogP contribution in [0.5, 0.6) is 0 Å². The van der Waals surface area contributed by atoms with E-state index in [0.717, 1.165) is 17.1 Å². The predicted molar refractivity (Wildman–Crippen MR) is 84.4 cm³/mol. The number of imidazole rings is 1. The van der Waals surface area contributed by atoms with E-state index < -0.39 is 0 Å². The summed E-state index contributed by atoms with van der Waals surface area (Å²) in [5, 5.41) is 0. The van der Waals surface area contributed by atoms with Crippen molar-refractivity contribution in [1.29, 1.82) is 0 Å². The third-order valence-electron chi connectivity index (χ3n) is 6.29. The van der Waals surface area contributed by atoms with E-state index in [2.05, 4.69) is 36.5 Å². The first-order chi connectivity index (χ1) is 9.37. The van der Waals surface area contributed by atoms with Gasteiger partial charge in [0.2, 0.25) is 0 Å². The molecule has 20 heavy (non-hydrogen) atoms. The number of nitrogens with zero attached hydrogens (tertiary/aromatic N) is 1. The molecule has 1 aromatic heterocycles. The van der Waals surface area contributed by atoms with Gasteiger partial charge in [0, 0.05) is 17.4 Å². The standard InChI is InChI=1S/C17H26N2S/c1-4-13-8-18-14(20)19(13)17-7-12-5-15(2,10-17)9-16(3,6-12)11-17/h8,12H,4-7,9-11H2,1-3H3,(H,18,20). The topological polar surface area (TPSA) is 20.7 Å². The first kappa shape index (κ1) is 13.1. The maximum Gasteiger partial charge on any atom is 0.177 e. The minimum atomic E-state index is 0.311. The second-order valence-corrected chi connectivity index (χ2v) is 9.02. The molecule has 1 aromatic rings. The first-order valence-corrected chi connectivity index (χ1v) is 8.58. The molecule has 1 N–H and O–H groups in total. The quantitative estimate of drug-likeness (QED) is 0.775. The average molecular weight is 290 g/mol. The lowest BCUT2D eigenvalue weighted by molar-refractivity contribution is -0.137. The lowest BCUT2D eigenvalue weighted by atomic mass is 9.42. The van der Waals surface area contributed by atoms with Crippen LogP contribution >= 0.6 is 12.2 Å². The van der Waals surface area contributed by atoms with Crippen LogP contribution in [0.3, 0.4) is 0 Å². The molecule has 0 spiro atoms. The van der Waals surface area contributed by atoms with Crippen LogP contribution in [0.15, 0.2) is 6.20 Å². The SMILES string of the molecule is CCc1c[nH]c(=S)n1C12CC3CC(C)(CC(C)(C3)C1)C2. The van der Waals surface area contributed by atoms with Crippen molar-refractivity contribution in [2.45, 2.75) is 71.3 Å². The minimum absolute atomic E-state index is 0.311. The molecular formula is C17H26N2S. The molecule has 3 heteroatoms. The van der Waals surface area contributed by atoms with Gasteiger partial charge in [-0.15, -0.1) is 0 Å². The van der Waals surface area contributed by atoms with E-state index in [1.54, 1.807) is 0 Å². The average Bonchev–Trinajstić information content (AvgIpc) is 2.66. The van der Waals surface area contributed by atoms with Crippen LogP contribution in [-0.4, -0.2) is 9.55 Å². The summed E-state index contributed by atoms with van der Waals surface area (Å²) in [6.45, 7) is 7.32. The lowest BCUT2D eigenvalue weighted by Gasteiger charge is -2.65. The van der Waals surface area contributed by atoms with Gasteiger partial charge in [0.05, 0.1) is 0 Å². The number of H-pyrrole nitrogens is 1. The number of rotatable bonds is 2. The number of aromatic amines is 1. The van der Waals surface area contributed by atoms with Gasteiger partial charge in [-0.3, -0.25) is 0 Å². The van der Waals surface area contributed by atoms with Crippen LogP contribution in [0.25, 0.3) is 0 Å². The van der Waals surface area contributed by atoms with Crippen LogP contribution < -0.4 is 0 Å². The van der Waals surface area contributed by atoms with Crippen LogP contribution in [0.1, 0.15) is 65.0 Å². The summed E-state index contributed by atoms with van der Waals surface area (Å²) in [6.07, 6.45) is 11.6. The van der Waals surface area contributed by atoms with E-state index in [0.29, 0.717) is 16.4 Å². The Hall–Kier alpha value is -0.570. The van der Waals surface area contributed by atoms with Gasteiger partial charge in [0.1, 0.15) is 0 Å². The Labute approximate surface area is 127 Å². The summed E-state index contributed by atoms with van der Waals surface area (Å²) in [7, 11) is 0. The van der Waals surface area contributed by atoms with Crippen LogP contribution in [0, 0.1) is 21.5 Å². The Morgan fingerprint density at radius 2 is 1.85 bits per heavy atom. The fourth-order valence-electron chi connectivity index (χ4n) is 6.82. The molecule has 5 rings (SSSR count). The van der Waals surface area contributed by atoms with Crippen molar-refractivity contribution in [3.8, 4) is 0 Å². The van der Waals surface area contributed by atoms with Crippen molar-refractivity contribution in [1.82, 2.24) is 9.55 Å². The molecule has 1 heterocycles. The molecule has 2 nitrogen and oxygen atoms in total. The number of hydrogen-bond donors (Lipinski definition) is 1. The van der Waals surface area contributed by atoms with Crippen molar-refractivity contribution in [3.05, 3.63) is 16.7 Å². The molecule has 4 saturated carbocycles. The van der Waals surface area contributed by atoms with Gasteiger partial charge in [-0.05, 0) is 73.9 Å². The minimum Gasteiger partial charge on any atom is -0.337 e. The highest BCUT2D eigenvalue weighted by atomic mass is 32.1. The summed E-state index contributed by atoms with van der Waals surface area (Å²) in [6, 6.07) is 0. The van der Waals surface area contributed by atoms with Crippen molar-refractivity contribution >= 4 is 12.2 Å². The zero-order chi connectivity index (χ0) is 14.2. The van der Waals surface area contributed by atoms with E-state index in [4.69, 9.17) is 12.2 Å². The molecule has 0 saturated heterocycles. The van der Waals surface area contributed by atoms with Crippen molar-refractivity contribution < 1.29 is 0 Å². The molecule has 2 atom stereocenters. The number of aromatic nitrogens is 2. The zero-order valence-electron chi connectivity index (χ0n) is 13.0. The molecule has 4 fully saturated rings. The monoisotopic (exact) mass is 290 g/mol. The van der Waals surface area contributed by atoms with Crippen LogP contribution in [0.2, 0.25) is 0 Å². The third-order valence-corrected chi connectivity index (χ3v) is 6.59. The van der Waals surface area contributed by atoms with E-state index in [1.165, 1.54) is 44.2 Å². The highest BCUT2D eigenvalue weighted by Gasteiger charge is 2.61. The molecule has 4 aliphatic rings. The van der Waals surface area contributed by atoms with Gasteiger partial charge in [-0.2, -0.15) is 0 Å². The second kappa shape index (κ2) is 3.79. The summed E-state index contributed by atoms with van der Waals surface area (Å²) in [5.41, 5.74) is 2.81. The highest BCUT2D eigenvalue weighted by Crippen LogP contribution is 2.68. The van der Waals surface area contributed by atoms with Crippen molar-refractivity contribution in [2.75, 3.05) is 0 Å². The Morgan fingerprint density at radius 3 is 2.40 bits per heavy atom. The molecule has 110 valence electrons. The molecule has 4 bridgehead atoms. The number of hydrogen-bond acceptors (Lipinski definition) is 1. The number of nitrogens with one attached hydrogen (secondary N) is 1. The van der Waals surface area contributed by atoms with Crippen molar-refractivity contribution in [3.63, 3.8) is 0 Å². The van der Waals surface area contributed by atoms with Gasteiger partial charge in [0.25, 0.3) is 0 Å². The van der Waals surface area contributed by atoms with E-state index in [1.807, 2.05) is 0 Å². The van der Waals surface area contributed by atoms with E-state index >= 15 is 0 Å². The van der Waals surface area contributed by atoms with Gasteiger partial charge < -0.3 is 9.55 Å². The normalized spacial score (nSPS) is 46.0. The van der Waals surface area contributed by atoms with Crippen molar-refractivity contribution in [2.24, 2.45) is 16.7 Å². The van der Waals surface area contributed by atoms with Gasteiger partial charge in [-0.1, -0.05) is 20.8 Å². The Kier molecular flexibility index (Phi) is 2.49. The maximum absolute atomic E-state index is 5.65. The summed E-state index contributed by atoms with van der Waals surface area (Å²) in [4.78, 5) is 3.32. The number of aryl methyl sites for hydroxylation is 1. The predicted octanol–water partition coefficient (Wildman–Crippen LogP) is 4.81. The molecular weight excluding hydrogens is 264 g/mol. The van der Waals surface area contributed by atoms with Gasteiger partial charge in [-0.25, -0.2) is 0 Å². The second-order valence-electron chi connectivity index (χ2n) is 8.63. The first-order valence-electron chi connectivity index (χ1n) is 8.17. The van der Waals surface area contributed by atoms with Crippen LogP contribution in [-0.2, 0) is 12.0 Å². The molecule has 2 unspecified atom stereocenters. The zero-order valence-corrected chi connectivity index (χ0v) is 13.8. The van der Waals surface area contributed by atoms with Crippen LogP contribution in [0.4, 0.5) is 0 Å². The van der Waals surface area contributed by atoms with E-state index in [-0.39, 0.29) is 0 Å². The Balaban J connectivity index is 1.89. The molecule has 0 aliphatic heterocycles. The fourth-order valence-corrected chi connectivity index (χ4v) is 7.19. The van der Waals surface area contributed by atoms with E-state index in [9.17, 15) is 0 Å². The molecule has 4 aliphatic carbocycles. The molecule has 0 aromatic carbocycles.